The molecule has 0 spiro atoms. The van der Waals surface area contributed by atoms with Gasteiger partial charge in [0.15, 0.2) is 0 Å². The molecule has 5 heteroatoms. The van der Waals surface area contributed by atoms with Crippen molar-refractivity contribution >= 4 is 16.9 Å². The van der Waals surface area contributed by atoms with Gasteiger partial charge >= 0.3 is 0 Å². The normalized spacial score (nSPS) is 20.5. The molecule has 26 heavy (non-hydrogen) atoms. The monoisotopic (exact) mass is 348 g/mol. The first-order valence-corrected chi connectivity index (χ1v) is 9.15. The zero-order valence-corrected chi connectivity index (χ0v) is 15.0. The molecule has 1 aliphatic heterocycles. The van der Waals surface area contributed by atoms with E-state index < -0.39 is 0 Å². The van der Waals surface area contributed by atoms with E-state index in [0.717, 1.165) is 36.2 Å². The molecule has 4 rings (SSSR count). The highest BCUT2D eigenvalue weighted by Crippen LogP contribution is 2.20. The lowest BCUT2D eigenvalue weighted by Crippen LogP contribution is -2.40. The topological polar surface area (TPSA) is 61.0 Å². The van der Waals surface area contributed by atoms with E-state index in [0.29, 0.717) is 12.3 Å². The van der Waals surface area contributed by atoms with Crippen molar-refractivity contribution in [3.05, 3.63) is 66.0 Å². The van der Waals surface area contributed by atoms with Crippen molar-refractivity contribution in [3.63, 3.8) is 0 Å². The number of hydrogen-bond donors (Lipinski definition) is 2. The standard InChI is InChI=1S/C21H24N4O/c1-15-12-25(13-16-6-3-2-4-7-16)14-19(15)24-20(26)10-17-11-23-21-18(17)8-5-9-22-21/h2-9,11,15,19H,10,12-14H2,1H3,(H,22,23)(H,24,26)/t15-,19+/m0/s1. The van der Waals surface area contributed by atoms with Gasteiger partial charge in [-0.25, -0.2) is 4.98 Å². The number of aromatic nitrogens is 2. The molecule has 0 bridgehead atoms. The fraction of sp³-hybridized carbons (Fsp3) is 0.333. The largest absolute Gasteiger partial charge is 0.351 e. The highest BCUT2D eigenvalue weighted by molar-refractivity contribution is 5.87. The van der Waals surface area contributed by atoms with Crippen molar-refractivity contribution < 1.29 is 4.79 Å². The van der Waals surface area contributed by atoms with E-state index in [9.17, 15) is 4.79 Å². The van der Waals surface area contributed by atoms with Crippen LogP contribution in [-0.2, 0) is 17.8 Å². The summed E-state index contributed by atoms with van der Waals surface area (Å²) in [5.41, 5.74) is 3.15. The van der Waals surface area contributed by atoms with E-state index in [4.69, 9.17) is 0 Å². The molecule has 2 N–H and O–H groups in total. The Morgan fingerprint density at radius 3 is 2.92 bits per heavy atom. The molecule has 3 aromatic rings. The molecular formula is C21H24N4O. The second-order valence-corrected chi connectivity index (χ2v) is 7.22. The number of pyridine rings is 1. The van der Waals surface area contributed by atoms with Crippen LogP contribution >= 0.6 is 0 Å². The smallest absolute Gasteiger partial charge is 0.224 e. The molecule has 1 fully saturated rings. The van der Waals surface area contributed by atoms with Gasteiger partial charge < -0.3 is 10.3 Å². The molecule has 0 aliphatic carbocycles. The van der Waals surface area contributed by atoms with Crippen LogP contribution in [0.5, 0.6) is 0 Å². The summed E-state index contributed by atoms with van der Waals surface area (Å²) in [6.07, 6.45) is 4.02. The van der Waals surface area contributed by atoms with Crippen LogP contribution in [0.2, 0.25) is 0 Å². The average molecular weight is 348 g/mol. The van der Waals surface area contributed by atoms with Crippen LogP contribution < -0.4 is 5.32 Å². The van der Waals surface area contributed by atoms with Crippen LogP contribution in [0.15, 0.2) is 54.9 Å². The second-order valence-electron chi connectivity index (χ2n) is 7.22. The van der Waals surface area contributed by atoms with Gasteiger partial charge in [0.05, 0.1) is 6.42 Å². The van der Waals surface area contributed by atoms with E-state index >= 15 is 0 Å². The van der Waals surface area contributed by atoms with Gasteiger partial charge in [-0.1, -0.05) is 37.3 Å². The lowest BCUT2D eigenvalue weighted by molar-refractivity contribution is -0.121. The number of carbonyl (C=O) groups excluding carboxylic acids is 1. The Bertz CT molecular complexity index is 889. The van der Waals surface area contributed by atoms with Crippen molar-refractivity contribution in [1.29, 1.82) is 0 Å². The van der Waals surface area contributed by atoms with Gasteiger partial charge in [-0.3, -0.25) is 9.69 Å². The Hall–Kier alpha value is -2.66. The number of benzene rings is 1. The average Bonchev–Trinajstić information content (AvgIpc) is 3.20. The molecule has 1 saturated heterocycles. The van der Waals surface area contributed by atoms with Crippen LogP contribution in [0, 0.1) is 5.92 Å². The molecule has 1 amide bonds. The first kappa shape index (κ1) is 16.8. The maximum Gasteiger partial charge on any atom is 0.224 e. The minimum atomic E-state index is 0.0770. The highest BCUT2D eigenvalue weighted by Gasteiger charge is 2.30. The van der Waals surface area contributed by atoms with Crippen LogP contribution in [0.4, 0.5) is 0 Å². The molecule has 134 valence electrons. The predicted molar refractivity (Wildman–Crippen MR) is 103 cm³/mol. The lowest BCUT2D eigenvalue weighted by Gasteiger charge is -2.17. The number of H-pyrrole nitrogens is 1. The number of carbonyl (C=O) groups is 1. The zero-order valence-electron chi connectivity index (χ0n) is 15.0. The van der Waals surface area contributed by atoms with Crippen LogP contribution in [0.25, 0.3) is 11.0 Å². The quantitative estimate of drug-likeness (QED) is 0.745. The molecule has 0 unspecified atom stereocenters. The van der Waals surface area contributed by atoms with Gasteiger partial charge in [-0.15, -0.1) is 0 Å². The Labute approximate surface area is 153 Å². The molecule has 2 aromatic heterocycles. The number of rotatable bonds is 5. The minimum Gasteiger partial charge on any atom is -0.351 e. The summed E-state index contributed by atoms with van der Waals surface area (Å²) < 4.78 is 0. The van der Waals surface area contributed by atoms with Gasteiger partial charge in [0.25, 0.3) is 0 Å². The number of hydrogen-bond acceptors (Lipinski definition) is 3. The molecule has 1 aromatic carbocycles. The summed E-state index contributed by atoms with van der Waals surface area (Å²) in [6, 6.07) is 14.6. The summed E-state index contributed by atoms with van der Waals surface area (Å²) in [4.78, 5) is 22.4. The molecule has 2 atom stereocenters. The maximum absolute atomic E-state index is 12.6. The third kappa shape index (κ3) is 3.63. The van der Waals surface area contributed by atoms with E-state index in [1.165, 1.54) is 5.56 Å². The first-order chi connectivity index (χ1) is 12.7. The summed E-state index contributed by atoms with van der Waals surface area (Å²) >= 11 is 0. The molecule has 3 heterocycles. The zero-order chi connectivity index (χ0) is 17.9. The van der Waals surface area contributed by atoms with E-state index in [-0.39, 0.29) is 11.9 Å². The fourth-order valence-electron chi connectivity index (χ4n) is 3.82. The molecule has 0 saturated carbocycles. The Kier molecular flexibility index (Phi) is 4.71. The summed E-state index contributed by atoms with van der Waals surface area (Å²) in [5.74, 6) is 0.528. The summed E-state index contributed by atoms with van der Waals surface area (Å²) in [5, 5.41) is 4.25. The summed E-state index contributed by atoms with van der Waals surface area (Å²) in [6.45, 7) is 5.06. The molecular weight excluding hydrogens is 324 g/mol. The van der Waals surface area contributed by atoms with Crippen molar-refractivity contribution in [2.24, 2.45) is 5.92 Å². The number of amides is 1. The van der Waals surface area contributed by atoms with Crippen molar-refractivity contribution in [2.45, 2.75) is 25.9 Å². The van der Waals surface area contributed by atoms with Crippen molar-refractivity contribution in [3.8, 4) is 0 Å². The second kappa shape index (κ2) is 7.30. The van der Waals surface area contributed by atoms with Crippen LogP contribution in [0.1, 0.15) is 18.1 Å². The van der Waals surface area contributed by atoms with Crippen LogP contribution in [0.3, 0.4) is 0 Å². The number of likely N-dealkylation sites (tertiary alicyclic amines) is 1. The minimum absolute atomic E-state index is 0.0770. The van der Waals surface area contributed by atoms with E-state index in [1.54, 1.807) is 6.20 Å². The number of fused-ring (bicyclic) bond motifs is 1. The number of aromatic amines is 1. The van der Waals surface area contributed by atoms with E-state index in [1.807, 2.05) is 24.4 Å². The van der Waals surface area contributed by atoms with Gasteiger partial charge in [0.1, 0.15) is 5.65 Å². The third-order valence-electron chi connectivity index (χ3n) is 5.17. The van der Waals surface area contributed by atoms with Crippen molar-refractivity contribution in [1.82, 2.24) is 20.2 Å². The lowest BCUT2D eigenvalue weighted by atomic mass is 10.1. The van der Waals surface area contributed by atoms with Crippen LogP contribution in [-0.4, -0.2) is 39.9 Å². The number of nitrogens with zero attached hydrogens (tertiary/aromatic N) is 2. The molecule has 0 radical (unpaired) electrons. The highest BCUT2D eigenvalue weighted by atomic mass is 16.1. The predicted octanol–water partition coefficient (Wildman–Crippen LogP) is 2.74. The van der Waals surface area contributed by atoms with E-state index in [2.05, 4.69) is 51.4 Å². The van der Waals surface area contributed by atoms with Crippen molar-refractivity contribution in [2.75, 3.05) is 13.1 Å². The first-order valence-electron chi connectivity index (χ1n) is 9.15. The maximum atomic E-state index is 12.6. The Morgan fingerprint density at radius 2 is 2.08 bits per heavy atom. The SMILES string of the molecule is C[C@H]1CN(Cc2ccccc2)C[C@H]1NC(=O)Cc1c[nH]c2ncccc12. The molecule has 5 nitrogen and oxygen atoms in total. The Morgan fingerprint density at radius 1 is 1.23 bits per heavy atom. The third-order valence-corrected chi connectivity index (χ3v) is 5.17. The van der Waals surface area contributed by atoms with Gasteiger partial charge in [0.2, 0.25) is 5.91 Å². The van der Waals surface area contributed by atoms with Gasteiger partial charge in [0, 0.05) is 43.5 Å². The van der Waals surface area contributed by atoms with Gasteiger partial charge in [-0.05, 0) is 29.2 Å². The van der Waals surface area contributed by atoms with Gasteiger partial charge in [-0.2, -0.15) is 0 Å². The Balaban J connectivity index is 1.35. The molecule has 1 aliphatic rings. The summed E-state index contributed by atoms with van der Waals surface area (Å²) in [7, 11) is 0. The number of nitrogens with one attached hydrogen (secondary N) is 2. The fourth-order valence-corrected chi connectivity index (χ4v) is 3.82.